The van der Waals surface area contributed by atoms with E-state index in [4.69, 9.17) is 4.74 Å². The number of morpholine rings is 1. The highest BCUT2D eigenvalue weighted by Crippen LogP contribution is 2.25. The number of sulfonamides is 1. The molecule has 2 aromatic rings. The molecule has 26 heavy (non-hydrogen) atoms. The van der Waals surface area contributed by atoms with Crippen LogP contribution in [0.25, 0.3) is 0 Å². The third-order valence-corrected chi connectivity index (χ3v) is 7.54. The summed E-state index contributed by atoms with van der Waals surface area (Å²) in [6.07, 6.45) is 0. The summed E-state index contributed by atoms with van der Waals surface area (Å²) in [6.45, 7) is 3.27. The lowest BCUT2D eigenvalue weighted by Gasteiger charge is -2.26. The highest BCUT2D eigenvalue weighted by atomic mass is 32.2. The van der Waals surface area contributed by atoms with Gasteiger partial charge in [-0.1, -0.05) is 23.1 Å². The van der Waals surface area contributed by atoms with Crippen molar-refractivity contribution >= 4 is 44.7 Å². The van der Waals surface area contributed by atoms with Crippen LogP contribution in [0.5, 0.6) is 0 Å². The minimum atomic E-state index is -3.54. The van der Waals surface area contributed by atoms with E-state index >= 15 is 0 Å². The number of nitrogens with zero attached hydrogens (tertiary/aromatic N) is 3. The fraction of sp³-hybridized carbons (Fsp3) is 0.400. The lowest BCUT2D eigenvalue weighted by atomic mass is 10.3. The Bertz CT molecular complexity index is 834. The minimum Gasteiger partial charge on any atom is -0.379 e. The Hall–Kier alpha value is -1.53. The van der Waals surface area contributed by atoms with Crippen LogP contribution >= 0.6 is 23.1 Å². The number of amides is 1. The lowest BCUT2D eigenvalue weighted by Crippen LogP contribution is -2.40. The van der Waals surface area contributed by atoms with Crippen LogP contribution in [0.15, 0.2) is 39.0 Å². The van der Waals surface area contributed by atoms with Gasteiger partial charge in [-0.05, 0) is 31.2 Å². The molecular weight excluding hydrogens is 396 g/mol. The molecule has 0 spiro atoms. The van der Waals surface area contributed by atoms with Crippen molar-refractivity contribution in [3.63, 3.8) is 0 Å². The maximum atomic E-state index is 12.6. The SMILES string of the molecule is CC(Sc1nncs1)C(=O)Nc1ccc(S(=O)(=O)N2CCOCC2)cc1. The first-order valence-electron chi connectivity index (χ1n) is 7.88. The molecule has 0 bridgehead atoms. The Labute approximate surface area is 160 Å². The summed E-state index contributed by atoms with van der Waals surface area (Å²) in [5.74, 6) is -0.186. The van der Waals surface area contributed by atoms with Gasteiger partial charge in [0, 0.05) is 18.8 Å². The van der Waals surface area contributed by atoms with Crippen molar-refractivity contribution in [3.05, 3.63) is 29.8 Å². The molecule has 1 amide bonds. The van der Waals surface area contributed by atoms with Gasteiger partial charge < -0.3 is 10.1 Å². The first kappa shape index (κ1) is 19.2. The Kier molecular flexibility index (Phi) is 6.24. The first-order chi connectivity index (χ1) is 12.5. The molecule has 8 nitrogen and oxygen atoms in total. The molecule has 3 rings (SSSR count). The Morgan fingerprint density at radius 3 is 2.62 bits per heavy atom. The van der Waals surface area contributed by atoms with E-state index in [1.807, 2.05) is 0 Å². The molecule has 1 unspecified atom stereocenters. The summed E-state index contributed by atoms with van der Waals surface area (Å²) in [4.78, 5) is 12.5. The van der Waals surface area contributed by atoms with Gasteiger partial charge in [0.2, 0.25) is 15.9 Å². The maximum absolute atomic E-state index is 12.6. The van der Waals surface area contributed by atoms with Gasteiger partial charge in [-0.25, -0.2) is 8.42 Å². The summed E-state index contributed by atoms with van der Waals surface area (Å²) < 4.78 is 32.5. The molecule has 1 atom stereocenters. The number of ether oxygens (including phenoxy) is 1. The zero-order valence-electron chi connectivity index (χ0n) is 14.0. The van der Waals surface area contributed by atoms with E-state index in [1.165, 1.54) is 39.5 Å². The molecule has 140 valence electrons. The molecule has 1 saturated heterocycles. The van der Waals surface area contributed by atoms with Crippen LogP contribution in [-0.2, 0) is 19.6 Å². The highest BCUT2D eigenvalue weighted by Gasteiger charge is 2.26. The molecule has 1 aromatic heterocycles. The van der Waals surface area contributed by atoms with Gasteiger partial charge in [-0.2, -0.15) is 4.31 Å². The van der Waals surface area contributed by atoms with Crippen molar-refractivity contribution in [3.8, 4) is 0 Å². The molecule has 1 fully saturated rings. The predicted molar refractivity (Wildman–Crippen MR) is 99.9 cm³/mol. The van der Waals surface area contributed by atoms with Gasteiger partial charge >= 0.3 is 0 Å². The van der Waals surface area contributed by atoms with Crippen LogP contribution < -0.4 is 5.32 Å². The first-order valence-corrected chi connectivity index (χ1v) is 11.1. The minimum absolute atomic E-state index is 0.186. The van der Waals surface area contributed by atoms with E-state index in [1.54, 1.807) is 24.6 Å². The molecule has 1 N–H and O–H groups in total. The van der Waals surface area contributed by atoms with Gasteiger partial charge in [0.05, 0.1) is 23.4 Å². The normalized spacial score (nSPS) is 17.0. The quantitative estimate of drug-likeness (QED) is 0.718. The molecule has 1 aliphatic heterocycles. The van der Waals surface area contributed by atoms with Crippen molar-refractivity contribution in [1.82, 2.24) is 14.5 Å². The third-order valence-electron chi connectivity index (χ3n) is 3.72. The summed E-state index contributed by atoms with van der Waals surface area (Å²) in [5, 5.41) is 10.1. The molecule has 1 aromatic carbocycles. The van der Waals surface area contributed by atoms with E-state index < -0.39 is 10.0 Å². The number of benzene rings is 1. The summed E-state index contributed by atoms with van der Waals surface area (Å²) in [6, 6.07) is 6.19. The number of carbonyl (C=O) groups is 1. The molecule has 0 aliphatic carbocycles. The number of thioether (sulfide) groups is 1. The Morgan fingerprint density at radius 2 is 2.00 bits per heavy atom. The third kappa shape index (κ3) is 4.60. The van der Waals surface area contributed by atoms with E-state index in [-0.39, 0.29) is 16.1 Å². The monoisotopic (exact) mass is 414 g/mol. The van der Waals surface area contributed by atoms with Gasteiger partial charge in [-0.3, -0.25) is 4.79 Å². The van der Waals surface area contributed by atoms with Crippen molar-refractivity contribution < 1.29 is 17.9 Å². The van der Waals surface area contributed by atoms with Crippen LogP contribution in [0.1, 0.15) is 6.92 Å². The van der Waals surface area contributed by atoms with E-state index in [9.17, 15) is 13.2 Å². The number of nitrogens with one attached hydrogen (secondary N) is 1. The largest absolute Gasteiger partial charge is 0.379 e. The van der Waals surface area contributed by atoms with Crippen molar-refractivity contribution in [2.75, 3.05) is 31.6 Å². The number of carbonyl (C=O) groups excluding carboxylic acids is 1. The zero-order chi connectivity index (χ0) is 18.6. The average Bonchev–Trinajstić information content (AvgIpc) is 3.16. The molecule has 2 heterocycles. The smallest absolute Gasteiger partial charge is 0.243 e. The topological polar surface area (TPSA) is 101 Å². The summed E-state index contributed by atoms with van der Waals surface area (Å²) in [7, 11) is -3.54. The fourth-order valence-electron chi connectivity index (χ4n) is 2.31. The second-order valence-electron chi connectivity index (χ2n) is 5.49. The summed E-state index contributed by atoms with van der Waals surface area (Å²) in [5.41, 5.74) is 2.15. The Balaban J connectivity index is 1.62. The summed E-state index contributed by atoms with van der Waals surface area (Å²) >= 11 is 2.70. The number of rotatable bonds is 6. The van der Waals surface area contributed by atoms with Crippen LogP contribution in [0.2, 0.25) is 0 Å². The van der Waals surface area contributed by atoms with Gasteiger partial charge in [0.15, 0.2) is 4.34 Å². The average molecular weight is 415 g/mol. The van der Waals surface area contributed by atoms with Gasteiger partial charge in [0.25, 0.3) is 0 Å². The molecule has 0 saturated carbocycles. The van der Waals surface area contributed by atoms with Gasteiger partial charge in [-0.15, -0.1) is 10.2 Å². The van der Waals surface area contributed by atoms with E-state index in [0.717, 1.165) is 4.34 Å². The van der Waals surface area contributed by atoms with Crippen LogP contribution in [0.3, 0.4) is 0 Å². The number of hydrogen-bond acceptors (Lipinski definition) is 8. The highest BCUT2D eigenvalue weighted by molar-refractivity contribution is 8.02. The lowest BCUT2D eigenvalue weighted by molar-refractivity contribution is -0.115. The van der Waals surface area contributed by atoms with Crippen LogP contribution in [0, 0.1) is 0 Å². The fourth-order valence-corrected chi connectivity index (χ4v) is 5.34. The predicted octanol–water partition coefficient (Wildman–Crippen LogP) is 1.68. The zero-order valence-corrected chi connectivity index (χ0v) is 16.4. The van der Waals surface area contributed by atoms with Crippen molar-refractivity contribution in [1.29, 1.82) is 0 Å². The second kappa shape index (κ2) is 8.44. The second-order valence-corrected chi connectivity index (χ2v) is 9.85. The maximum Gasteiger partial charge on any atom is 0.243 e. The van der Waals surface area contributed by atoms with E-state index in [2.05, 4.69) is 15.5 Å². The standard InChI is InChI=1S/C15H18N4O4S3/c1-11(25-15-18-16-10-24-15)14(20)17-12-2-4-13(5-3-12)26(21,22)19-6-8-23-9-7-19/h2-5,10-11H,6-9H2,1H3,(H,17,20). The van der Waals surface area contributed by atoms with Crippen molar-refractivity contribution in [2.24, 2.45) is 0 Å². The number of aromatic nitrogens is 2. The molecule has 11 heteroatoms. The van der Waals surface area contributed by atoms with Crippen molar-refractivity contribution in [2.45, 2.75) is 21.4 Å². The number of anilines is 1. The van der Waals surface area contributed by atoms with Gasteiger partial charge in [0.1, 0.15) is 5.51 Å². The molecule has 0 radical (unpaired) electrons. The van der Waals surface area contributed by atoms with E-state index in [0.29, 0.717) is 32.0 Å². The molecular formula is C15H18N4O4S3. The van der Waals surface area contributed by atoms with Crippen LogP contribution in [-0.4, -0.2) is 60.4 Å². The molecule has 1 aliphatic rings. The number of hydrogen-bond donors (Lipinski definition) is 1. The van der Waals surface area contributed by atoms with Crippen LogP contribution in [0.4, 0.5) is 5.69 Å². The Morgan fingerprint density at radius 1 is 1.31 bits per heavy atom.